The second kappa shape index (κ2) is 2.54. The molecule has 1 saturated carbocycles. The molecular weight excluding hydrogens is 204 g/mol. The molecule has 0 bridgehead atoms. The molecule has 1 heterocycles. The van der Waals surface area contributed by atoms with Gasteiger partial charge in [-0.15, -0.1) is 11.3 Å². The number of hydrogen-bond acceptors (Lipinski definition) is 2. The van der Waals surface area contributed by atoms with E-state index in [9.17, 15) is 4.79 Å². The van der Waals surface area contributed by atoms with E-state index < -0.39 is 0 Å². The number of rotatable bonds is 1. The van der Waals surface area contributed by atoms with Gasteiger partial charge in [0.25, 0.3) is 0 Å². The fourth-order valence-electron chi connectivity index (χ4n) is 3.42. The quantitative estimate of drug-likeness (QED) is 0.661. The van der Waals surface area contributed by atoms with Crippen molar-refractivity contribution in [2.45, 2.75) is 40.0 Å². The van der Waals surface area contributed by atoms with Crippen LogP contribution in [0, 0.1) is 18.3 Å². The van der Waals surface area contributed by atoms with Crippen molar-refractivity contribution in [1.82, 2.24) is 0 Å². The van der Waals surface area contributed by atoms with Gasteiger partial charge in [-0.3, -0.25) is 4.79 Å². The summed E-state index contributed by atoms with van der Waals surface area (Å²) in [6.07, 6.45) is 1.15. The molecule has 2 unspecified atom stereocenters. The zero-order chi connectivity index (χ0) is 11.0. The summed E-state index contributed by atoms with van der Waals surface area (Å²) in [5, 5.41) is 0. The summed E-state index contributed by atoms with van der Waals surface area (Å²) >= 11 is 1.71. The van der Waals surface area contributed by atoms with Gasteiger partial charge in [-0.1, -0.05) is 13.8 Å². The maximum atomic E-state index is 11.5. The van der Waals surface area contributed by atoms with Crippen molar-refractivity contribution in [3.05, 3.63) is 20.9 Å². The number of fused-ring (bicyclic) bond motifs is 3. The standard InChI is InChI=1S/C13H16OS/c1-6(14)12-8-5-9-11(13(9,3)4)10(8)7(2)15-12/h9,11H,5H2,1-4H3. The maximum absolute atomic E-state index is 11.5. The molecule has 0 N–H and O–H groups in total. The zero-order valence-electron chi connectivity index (χ0n) is 9.68. The fourth-order valence-corrected chi connectivity index (χ4v) is 4.54. The summed E-state index contributed by atoms with van der Waals surface area (Å²) < 4.78 is 0. The second-order valence-electron chi connectivity index (χ2n) is 5.55. The predicted octanol–water partition coefficient (Wildman–Crippen LogP) is 3.55. The van der Waals surface area contributed by atoms with Crippen molar-refractivity contribution in [3.8, 4) is 0 Å². The summed E-state index contributed by atoms with van der Waals surface area (Å²) in [4.78, 5) is 13.9. The van der Waals surface area contributed by atoms with Crippen molar-refractivity contribution in [2.24, 2.45) is 11.3 Å². The molecule has 0 aliphatic heterocycles. The molecule has 2 atom stereocenters. The Hall–Kier alpha value is -0.630. The maximum Gasteiger partial charge on any atom is 0.170 e. The summed E-state index contributed by atoms with van der Waals surface area (Å²) in [5.74, 6) is 1.81. The van der Waals surface area contributed by atoms with Crippen LogP contribution in [0.25, 0.3) is 0 Å². The highest BCUT2D eigenvalue weighted by molar-refractivity contribution is 7.14. The lowest BCUT2D eigenvalue weighted by molar-refractivity contribution is 0.102. The van der Waals surface area contributed by atoms with Gasteiger partial charge in [0.2, 0.25) is 0 Å². The molecule has 0 spiro atoms. The molecule has 1 nitrogen and oxygen atoms in total. The number of hydrogen-bond donors (Lipinski definition) is 0. The van der Waals surface area contributed by atoms with E-state index in [1.165, 1.54) is 16.0 Å². The van der Waals surface area contributed by atoms with Gasteiger partial charge in [0, 0.05) is 4.88 Å². The Labute approximate surface area is 94.5 Å². The van der Waals surface area contributed by atoms with E-state index >= 15 is 0 Å². The molecule has 2 heteroatoms. The third-order valence-electron chi connectivity index (χ3n) is 4.34. The van der Waals surface area contributed by atoms with Crippen molar-refractivity contribution in [1.29, 1.82) is 0 Å². The molecule has 1 aromatic heterocycles. The molecular formula is C13H16OS. The van der Waals surface area contributed by atoms with Crippen LogP contribution in [0.1, 0.15) is 52.4 Å². The van der Waals surface area contributed by atoms with Crippen LogP contribution in [-0.2, 0) is 6.42 Å². The molecule has 2 aliphatic rings. The van der Waals surface area contributed by atoms with Crippen molar-refractivity contribution < 1.29 is 4.79 Å². The summed E-state index contributed by atoms with van der Waals surface area (Å²) in [7, 11) is 0. The Kier molecular flexibility index (Phi) is 1.62. The molecule has 1 aromatic rings. The van der Waals surface area contributed by atoms with Crippen LogP contribution in [-0.4, -0.2) is 5.78 Å². The minimum atomic E-state index is 0.253. The first-order valence-corrected chi connectivity index (χ1v) is 6.39. The van der Waals surface area contributed by atoms with Crippen molar-refractivity contribution in [2.75, 3.05) is 0 Å². The van der Waals surface area contributed by atoms with Crippen LogP contribution in [0.2, 0.25) is 0 Å². The predicted molar refractivity (Wildman–Crippen MR) is 62.8 cm³/mol. The average Bonchev–Trinajstić information content (AvgIpc) is 2.54. The van der Waals surface area contributed by atoms with Crippen LogP contribution in [0.3, 0.4) is 0 Å². The van der Waals surface area contributed by atoms with E-state index in [1.807, 2.05) is 0 Å². The van der Waals surface area contributed by atoms with Gasteiger partial charge in [-0.05, 0) is 48.6 Å². The Bertz CT molecular complexity index is 467. The lowest BCUT2D eigenvalue weighted by Gasteiger charge is -2.09. The number of aryl methyl sites for hydroxylation is 1. The van der Waals surface area contributed by atoms with Crippen LogP contribution in [0.15, 0.2) is 0 Å². The highest BCUT2D eigenvalue weighted by Gasteiger charge is 2.63. The molecule has 0 amide bonds. The summed E-state index contributed by atoms with van der Waals surface area (Å²) in [6.45, 7) is 8.58. The number of carbonyl (C=O) groups excluding carboxylic acids is 1. The first-order valence-electron chi connectivity index (χ1n) is 5.57. The lowest BCUT2D eigenvalue weighted by atomic mass is 9.95. The molecule has 0 aromatic carbocycles. The Morgan fingerprint density at radius 2 is 2.13 bits per heavy atom. The van der Waals surface area contributed by atoms with Gasteiger partial charge in [-0.2, -0.15) is 0 Å². The van der Waals surface area contributed by atoms with Gasteiger partial charge >= 0.3 is 0 Å². The Morgan fingerprint density at radius 1 is 1.47 bits per heavy atom. The molecule has 0 radical (unpaired) electrons. The van der Waals surface area contributed by atoms with E-state index in [1.54, 1.807) is 18.3 Å². The molecule has 0 saturated heterocycles. The number of carbonyl (C=O) groups is 1. The van der Waals surface area contributed by atoms with Gasteiger partial charge in [0.15, 0.2) is 5.78 Å². The third-order valence-corrected chi connectivity index (χ3v) is 5.60. The highest BCUT2D eigenvalue weighted by Crippen LogP contribution is 2.71. The fraction of sp³-hybridized carbons (Fsp3) is 0.615. The molecule has 15 heavy (non-hydrogen) atoms. The number of Topliss-reactive ketones (excluding diaryl/α,β-unsaturated/α-hetero) is 1. The van der Waals surface area contributed by atoms with Crippen LogP contribution >= 0.6 is 11.3 Å². The Balaban J connectivity index is 2.14. The normalized spacial score (nSPS) is 29.9. The SMILES string of the molecule is CC(=O)c1sc(C)c2c1CC1C2C1(C)C. The van der Waals surface area contributed by atoms with Crippen molar-refractivity contribution >= 4 is 17.1 Å². The zero-order valence-corrected chi connectivity index (χ0v) is 10.5. The monoisotopic (exact) mass is 220 g/mol. The largest absolute Gasteiger partial charge is 0.294 e. The molecule has 2 aliphatic carbocycles. The minimum absolute atomic E-state index is 0.253. The number of thiophene rings is 1. The second-order valence-corrected chi connectivity index (χ2v) is 6.77. The van der Waals surface area contributed by atoms with Crippen LogP contribution < -0.4 is 0 Å². The first-order chi connectivity index (χ1) is 6.94. The topological polar surface area (TPSA) is 17.1 Å². The average molecular weight is 220 g/mol. The summed E-state index contributed by atoms with van der Waals surface area (Å²) in [6, 6.07) is 0. The van der Waals surface area contributed by atoms with E-state index in [-0.39, 0.29) is 5.78 Å². The lowest BCUT2D eigenvalue weighted by Crippen LogP contribution is -2.02. The highest BCUT2D eigenvalue weighted by atomic mass is 32.1. The minimum Gasteiger partial charge on any atom is -0.294 e. The molecule has 1 fully saturated rings. The first kappa shape index (κ1) is 9.59. The van der Waals surface area contributed by atoms with Gasteiger partial charge in [-0.25, -0.2) is 0 Å². The van der Waals surface area contributed by atoms with E-state index in [2.05, 4.69) is 20.8 Å². The summed E-state index contributed by atoms with van der Waals surface area (Å²) in [5.41, 5.74) is 3.41. The smallest absolute Gasteiger partial charge is 0.170 e. The van der Waals surface area contributed by atoms with Crippen LogP contribution in [0.4, 0.5) is 0 Å². The molecule has 80 valence electrons. The van der Waals surface area contributed by atoms with E-state index in [0.29, 0.717) is 5.41 Å². The molecule has 3 rings (SSSR count). The van der Waals surface area contributed by atoms with Gasteiger partial charge in [0.1, 0.15) is 0 Å². The third kappa shape index (κ3) is 1.01. The van der Waals surface area contributed by atoms with Gasteiger partial charge in [0.05, 0.1) is 4.88 Å². The van der Waals surface area contributed by atoms with Gasteiger partial charge < -0.3 is 0 Å². The van der Waals surface area contributed by atoms with E-state index in [4.69, 9.17) is 0 Å². The number of ketones is 1. The van der Waals surface area contributed by atoms with Crippen molar-refractivity contribution in [3.63, 3.8) is 0 Å². The Morgan fingerprint density at radius 3 is 2.73 bits per heavy atom. The van der Waals surface area contributed by atoms with Crippen LogP contribution in [0.5, 0.6) is 0 Å². The van der Waals surface area contributed by atoms with E-state index in [0.717, 1.165) is 23.1 Å².